The van der Waals surface area contributed by atoms with Gasteiger partial charge in [0, 0.05) is 46.2 Å². The molecule has 0 bridgehead atoms. The molecule has 4 aliphatic rings. The van der Waals surface area contributed by atoms with E-state index in [1.54, 1.807) is 32.4 Å². The maximum absolute atomic E-state index is 15.2. The van der Waals surface area contributed by atoms with Gasteiger partial charge >= 0.3 is 12.1 Å². The molecule has 13 nitrogen and oxygen atoms in total. The molecule has 0 radical (unpaired) electrons. The number of alkyl halides is 3. The molecular formula is C49H63F3N4O9S2. The number of nitrogens with zero attached hydrogens (tertiary/aromatic N) is 3. The van der Waals surface area contributed by atoms with Crippen molar-refractivity contribution in [3.63, 3.8) is 0 Å². The second-order valence-corrected chi connectivity index (χ2v) is 24.0. The van der Waals surface area contributed by atoms with Crippen LogP contribution in [0.4, 0.5) is 13.2 Å². The zero-order chi connectivity index (χ0) is 49.1. The van der Waals surface area contributed by atoms with Gasteiger partial charge in [0.1, 0.15) is 16.9 Å². The minimum atomic E-state index is -4.88. The fourth-order valence-corrected chi connectivity index (χ4v) is 11.8. The number of nitrogens with one attached hydrogen (secondary N) is 1. The first-order chi connectivity index (χ1) is 31.2. The summed E-state index contributed by atoms with van der Waals surface area (Å²) in [5.41, 5.74) is -2.78. The molecule has 2 aliphatic heterocycles. The smallest absolute Gasteiger partial charge is 0.427 e. The molecule has 3 aromatic rings. The van der Waals surface area contributed by atoms with Gasteiger partial charge in [-0.2, -0.15) is 13.2 Å². The Morgan fingerprint density at radius 3 is 2.40 bits per heavy atom. The lowest BCUT2D eigenvalue weighted by atomic mass is 9.79. The van der Waals surface area contributed by atoms with Gasteiger partial charge in [0.15, 0.2) is 5.78 Å². The largest absolute Gasteiger partial charge is 0.497 e. The number of ether oxygens (including phenoxy) is 3. The number of rotatable bonds is 11. The van der Waals surface area contributed by atoms with Crippen molar-refractivity contribution in [2.75, 3.05) is 13.7 Å². The Morgan fingerprint density at radius 2 is 1.78 bits per heavy atom. The number of halogens is 3. The molecule has 3 fully saturated rings. The summed E-state index contributed by atoms with van der Waals surface area (Å²) < 4.78 is 87.1. The number of ketones is 1. The van der Waals surface area contributed by atoms with Crippen LogP contribution in [-0.2, 0) is 39.4 Å². The van der Waals surface area contributed by atoms with Crippen molar-refractivity contribution in [2.45, 2.75) is 154 Å². The maximum atomic E-state index is 15.2. The van der Waals surface area contributed by atoms with Gasteiger partial charge in [-0.25, -0.2) is 18.4 Å². The Hall–Kier alpha value is -4.58. The first-order valence-electron chi connectivity index (χ1n) is 23.2. The third-order valence-electron chi connectivity index (χ3n) is 14.4. The van der Waals surface area contributed by atoms with E-state index in [9.17, 15) is 36.0 Å². The minimum absolute atomic E-state index is 0.00632. The van der Waals surface area contributed by atoms with E-state index in [-0.39, 0.29) is 43.0 Å². The summed E-state index contributed by atoms with van der Waals surface area (Å²) in [6.45, 7) is 13.0. The van der Waals surface area contributed by atoms with E-state index in [2.05, 4.69) is 25.5 Å². The first-order valence-corrected chi connectivity index (χ1v) is 25.5. The summed E-state index contributed by atoms with van der Waals surface area (Å²) in [6.07, 6.45) is 1.74. The summed E-state index contributed by atoms with van der Waals surface area (Å²) in [4.78, 5) is 68.9. The highest BCUT2D eigenvalue weighted by molar-refractivity contribution is 7.91. The molecule has 4 heterocycles. The molecule has 7 rings (SSSR count). The Morgan fingerprint density at radius 1 is 1.06 bits per heavy atom. The van der Waals surface area contributed by atoms with E-state index in [4.69, 9.17) is 24.2 Å². The van der Waals surface area contributed by atoms with Crippen molar-refractivity contribution in [1.29, 1.82) is 0 Å². The summed E-state index contributed by atoms with van der Waals surface area (Å²) in [7, 11) is -2.50. The SMILES string of the molecule is CC[C@@H]1C[C@H](C)CC/C=C\[C@@H]2C[C@@]2(C(=O)NS(=O)(=O)C2(C)CC2)CC(=O)[C@@H]2C[C@@H](Oc3ncc(-c4nc(C(C)(C)C)cs4)c4cc(OC)ccc34)CN2C(=O)[C@H]1CC(=O)OC(C)(C)C(F)(F)F. The van der Waals surface area contributed by atoms with Gasteiger partial charge in [0.25, 0.3) is 0 Å². The third-order valence-corrected chi connectivity index (χ3v) is 17.4. The number of hydrogen-bond acceptors (Lipinski definition) is 12. The standard InChI is InChI=1S/C49H63F3N4O9S2/c1-10-29-19-28(2)13-11-12-14-30-23-48(30,44(60)55-67(61,62)47(8)17-18-47)24-38(57)37-21-32(26-56(37)43(59)34(29)22-40(58)65-46(6,7)49(50,51)52)64-41-33-16-15-31(63-9)20-35(33)36(25-53-41)42-54-39(27-66-42)45(3,4)5/h12,14-16,20,25,27-30,32,34,37H,10-11,13,17-19,21-24,26H2,1-9H3,(H,55,60)/b14-12-/t28-,29-,30-,32-,34+,37+,48-/m1/s1. The molecule has 2 amide bonds. The maximum Gasteiger partial charge on any atom is 0.427 e. The van der Waals surface area contributed by atoms with Crippen LogP contribution in [0.3, 0.4) is 0 Å². The molecule has 2 aromatic heterocycles. The van der Waals surface area contributed by atoms with Crippen LogP contribution in [0.2, 0.25) is 0 Å². The molecule has 1 N–H and O–H groups in total. The Kier molecular flexibility index (Phi) is 13.8. The molecule has 2 saturated carbocycles. The zero-order valence-corrected chi connectivity index (χ0v) is 41.4. The van der Waals surface area contributed by atoms with E-state index in [0.717, 1.165) is 35.5 Å². The molecule has 0 unspecified atom stereocenters. The number of methoxy groups -OCH3 is 1. The molecule has 366 valence electrons. The lowest BCUT2D eigenvalue weighted by molar-refractivity contribution is -0.257. The quantitative estimate of drug-likeness (QED) is 0.143. The monoisotopic (exact) mass is 972 g/mol. The number of benzene rings is 1. The molecule has 1 saturated heterocycles. The predicted octanol–water partition coefficient (Wildman–Crippen LogP) is 9.27. The molecule has 1 aromatic carbocycles. The van der Waals surface area contributed by atoms with Gasteiger partial charge in [0.2, 0.25) is 33.3 Å². The molecule has 0 spiro atoms. The van der Waals surface area contributed by atoms with Crippen LogP contribution in [-0.4, -0.2) is 89.2 Å². The third kappa shape index (κ3) is 10.4. The number of carbonyl (C=O) groups is 4. The molecule has 18 heteroatoms. The van der Waals surface area contributed by atoms with Crippen LogP contribution in [0.15, 0.2) is 41.9 Å². The number of hydrogen-bond donors (Lipinski definition) is 1. The number of thiazole rings is 1. The van der Waals surface area contributed by atoms with E-state index in [1.165, 1.54) is 16.2 Å². The number of Topliss-reactive ketones (excluding diaryl/α,β-unsaturated/α-hetero) is 1. The summed E-state index contributed by atoms with van der Waals surface area (Å²) in [6, 6.07) is 4.22. The number of carbonyl (C=O) groups excluding carboxylic acids is 4. The number of aromatic nitrogens is 2. The average Bonchev–Trinajstić information content (AvgIpc) is 4.02. The Labute approximate surface area is 395 Å². The van der Waals surface area contributed by atoms with Gasteiger partial charge in [-0.05, 0) is 95.2 Å². The van der Waals surface area contributed by atoms with E-state index in [1.807, 2.05) is 37.4 Å². The molecule has 2 aliphatic carbocycles. The van der Waals surface area contributed by atoms with Crippen LogP contribution in [0, 0.1) is 29.1 Å². The van der Waals surface area contributed by atoms with Crippen molar-refractivity contribution in [2.24, 2.45) is 29.1 Å². The van der Waals surface area contributed by atoms with Crippen molar-refractivity contribution in [3.8, 4) is 22.2 Å². The number of amides is 2. The highest BCUT2D eigenvalue weighted by atomic mass is 32.2. The van der Waals surface area contributed by atoms with Crippen LogP contribution in [0.25, 0.3) is 21.3 Å². The number of allylic oxidation sites excluding steroid dienone is 2. The van der Waals surface area contributed by atoms with Gasteiger partial charge in [-0.3, -0.25) is 23.9 Å². The van der Waals surface area contributed by atoms with Crippen LogP contribution in [0.5, 0.6) is 11.6 Å². The van der Waals surface area contributed by atoms with Gasteiger partial charge in [-0.1, -0.05) is 53.2 Å². The zero-order valence-electron chi connectivity index (χ0n) is 39.7. The summed E-state index contributed by atoms with van der Waals surface area (Å²) in [5.74, 6) is -4.40. The van der Waals surface area contributed by atoms with E-state index in [0.29, 0.717) is 49.7 Å². The van der Waals surface area contributed by atoms with Crippen LogP contribution < -0.4 is 14.2 Å². The van der Waals surface area contributed by atoms with Crippen molar-refractivity contribution < 1.29 is 55.0 Å². The Balaban J connectivity index is 1.27. The normalized spacial score (nSPS) is 27.6. The van der Waals surface area contributed by atoms with Crippen LogP contribution >= 0.6 is 11.3 Å². The van der Waals surface area contributed by atoms with Gasteiger partial charge in [-0.15, -0.1) is 11.3 Å². The second kappa shape index (κ2) is 18.4. The number of fused-ring (bicyclic) bond motifs is 3. The summed E-state index contributed by atoms with van der Waals surface area (Å²) >= 11 is 1.48. The first kappa shape index (κ1) is 50.3. The number of sulfonamides is 1. The van der Waals surface area contributed by atoms with Crippen molar-refractivity contribution in [3.05, 3.63) is 47.6 Å². The lowest BCUT2D eigenvalue weighted by Crippen LogP contribution is -2.49. The van der Waals surface area contributed by atoms with E-state index < -0.39 is 91.8 Å². The van der Waals surface area contributed by atoms with Gasteiger partial charge < -0.3 is 19.1 Å². The van der Waals surface area contributed by atoms with Crippen molar-refractivity contribution in [1.82, 2.24) is 19.6 Å². The lowest BCUT2D eigenvalue weighted by Gasteiger charge is -2.34. The van der Waals surface area contributed by atoms with Crippen LogP contribution in [0.1, 0.15) is 125 Å². The average molecular weight is 973 g/mol. The fourth-order valence-electron chi connectivity index (χ4n) is 9.39. The topological polar surface area (TPSA) is 171 Å². The molecule has 7 atom stereocenters. The van der Waals surface area contributed by atoms with E-state index >= 15 is 4.79 Å². The number of pyridine rings is 1. The minimum Gasteiger partial charge on any atom is -0.497 e. The molecule has 67 heavy (non-hydrogen) atoms. The van der Waals surface area contributed by atoms with Gasteiger partial charge in [0.05, 0.1) is 47.9 Å². The van der Waals surface area contributed by atoms with Crippen molar-refractivity contribution >= 4 is 55.7 Å². The highest BCUT2D eigenvalue weighted by Crippen LogP contribution is 2.58. The predicted molar refractivity (Wildman–Crippen MR) is 248 cm³/mol. The molecular weight excluding hydrogens is 910 g/mol. The second-order valence-electron chi connectivity index (χ2n) is 21.0. The highest BCUT2D eigenvalue weighted by Gasteiger charge is 2.63. The number of esters is 1. The summed E-state index contributed by atoms with van der Waals surface area (Å²) in [5, 5.41) is 4.08. The Bertz CT molecular complexity index is 2550. The fraction of sp³-hybridized carbons (Fsp3) is 0.633.